The monoisotopic (exact) mass is 1570 g/mol. The molecule has 6 saturated heterocycles. The molecule has 0 radical (unpaired) electrons. The third kappa shape index (κ3) is 22.8. The van der Waals surface area contributed by atoms with Gasteiger partial charge in [-0.05, 0) is 163 Å². The van der Waals surface area contributed by atoms with Crippen molar-refractivity contribution < 1.29 is 33.9 Å². The lowest BCUT2D eigenvalue weighted by molar-refractivity contribution is -0.146. The van der Waals surface area contributed by atoms with E-state index in [9.17, 15) is 33.9 Å². The molecule has 6 aromatic carbocycles. The summed E-state index contributed by atoms with van der Waals surface area (Å²) in [6, 6.07) is 52.4. The van der Waals surface area contributed by atoms with Gasteiger partial charge in [-0.25, -0.2) is 9.59 Å². The van der Waals surface area contributed by atoms with Crippen LogP contribution in [0.25, 0.3) is 0 Å². The van der Waals surface area contributed by atoms with Gasteiger partial charge in [0.25, 0.3) is 0 Å². The molecule has 588 valence electrons. The average molecular weight is 1570 g/mol. The van der Waals surface area contributed by atoms with Crippen LogP contribution in [0, 0.1) is 28.6 Å². The third-order valence-corrected chi connectivity index (χ3v) is 24.4. The predicted octanol–water partition coefficient (Wildman–Crippen LogP) is 15.4. The highest BCUT2D eigenvalue weighted by molar-refractivity contribution is 6.31. The minimum atomic E-state index is -1.07. The Hall–Kier alpha value is -7.26. The lowest BCUT2D eigenvalue weighted by atomic mass is 9.82. The maximum Gasteiger partial charge on any atom is 0.314 e. The number of hydrogen-bond acceptors (Lipinski definition) is 10. The summed E-state index contributed by atoms with van der Waals surface area (Å²) in [4.78, 5) is 94.0. The molecule has 6 aliphatic heterocycles. The molecule has 6 heterocycles. The second-order valence-electron chi connectivity index (χ2n) is 33.5. The smallest absolute Gasteiger partial charge is 0.314 e. The first kappa shape index (κ1) is 84.2. The topological polar surface area (TPSA) is 204 Å². The van der Waals surface area contributed by atoms with Crippen molar-refractivity contribution in [1.29, 1.82) is 0 Å². The van der Waals surface area contributed by atoms with Crippen LogP contribution in [-0.4, -0.2) is 207 Å². The molecule has 2 unspecified atom stereocenters. The van der Waals surface area contributed by atoms with Crippen LogP contribution in [0.4, 0.5) is 9.59 Å². The Kier molecular flexibility index (Phi) is 29.2. The van der Waals surface area contributed by atoms with Crippen molar-refractivity contribution in [3.63, 3.8) is 0 Å². The number of nitrogens with two attached hydrogens (primary N) is 2. The van der Waals surface area contributed by atoms with Crippen molar-refractivity contribution in [3.05, 3.63) is 211 Å². The fourth-order valence-corrected chi connectivity index (χ4v) is 17.6. The van der Waals surface area contributed by atoms with Gasteiger partial charge in [0.15, 0.2) is 0 Å². The van der Waals surface area contributed by atoms with Crippen molar-refractivity contribution in [2.24, 2.45) is 40.1 Å². The quantitative estimate of drug-likeness (QED) is 0.0836. The van der Waals surface area contributed by atoms with Gasteiger partial charge in [-0.15, -0.1) is 0 Å². The van der Waals surface area contributed by atoms with E-state index in [0.717, 1.165) is 85.9 Å². The number of primary amides is 2. The molecule has 0 aromatic heterocycles. The summed E-state index contributed by atoms with van der Waals surface area (Å²) in [5.74, 6) is 1.52. The molecule has 5 N–H and O–H groups in total. The molecule has 18 nitrogen and oxygen atoms in total. The first-order valence-corrected chi connectivity index (χ1v) is 40.6. The molecule has 6 aliphatic rings. The molecule has 0 spiro atoms. The fraction of sp³-hybridized carbons (Fsp3) is 0.517. The van der Waals surface area contributed by atoms with Gasteiger partial charge in [-0.2, -0.15) is 0 Å². The van der Waals surface area contributed by atoms with Crippen molar-refractivity contribution in [2.45, 2.75) is 162 Å². The highest BCUT2D eigenvalue weighted by atomic mass is 35.5. The summed E-state index contributed by atoms with van der Waals surface area (Å²) < 4.78 is 0. The number of halogens is 4. The molecule has 6 fully saturated rings. The molecule has 6 aromatic rings. The van der Waals surface area contributed by atoms with Gasteiger partial charge in [0.2, 0.25) is 23.6 Å². The summed E-state index contributed by atoms with van der Waals surface area (Å²) in [6.45, 7) is 28.9. The fourth-order valence-electron chi connectivity index (χ4n) is 17.1. The number of piperidine rings is 3. The van der Waals surface area contributed by atoms with Gasteiger partial charge < -0.3 is 46.0 Å². The second kappa shape index (κ2) is 37.8. The highest BCUT2D eigenvalue weighted by Crippen LogP contribution is 2.41. The maximum absolute atomic E-state index is 13.6. The van der Waals surface area contributed by atoms with Crippen LogP contribution in [0.5, 0.6) is 0 Å². The molecule has 22 heteroatoms. The van der Waals surface area contributed by atoms with E-state index in [1.165, 1.54) is 22.3 Å². The summed E-state index contributed by atoms with van der Waals surface area (Å²) in [7, 11) is 0. The summed E-state index contributed by atoms with van der Waals surface area (Å²) >= 11 is 24.8. The largest absolute Gasteiger partial charge is 0.388 e. The van der Waals surface area contributed by atoms with Crippen LogP contribution in [0.15, 0.2) is 158 Å². The Balaban J connectivity index is 0.000000174. The number of amides is 8. The van der Waals surface area contributed by atoms with E-state index in [1.807, 2.05) is 94.7 Å². The highest BCUT2D eigenvalue weighted by Gasteiger charge is 2.45. The predicted molar refractivity (Wildman–Crippen MR) is 437 cm³/mol. The van der Waals surface area contributed by atoms with E-state index >= 15 is 0 Å². The van der Waals surface area contributed by atoms with Gasteiger partial charge in [0, 0.05) is 157 Å². The normalized spacial score (nSPS) is 20.5. The lowest BCUT2D eigenvalue weighted by Gasteiger charge is -2.50. The zero-order chi connectivity index (χ0) is 78.5. The Bertz CT molecular complexity index is 3740. The summed E-state index contributed by atoms with van der Waals surface area (Å²) in [5.41, 5.74) is 16.7. The number of carbonyl (C=O) groups excluding carboxylic acids is 6. The molecular weight excluding hydrogens is 1450 g/mol. The third-order valence-electron chi connectivity index (χ3n) is 23.4. The lowest BCUT2D eigenvalue weighted by Crippen LogP contribution is -2.63. The number of nitrogens with zero attached hydrogens (tertiary/aromatic N) is 9. The van der Waals surface area contributed by atoms with Crippen molar-refractivity contribution >= 4 is 82.1 Å². The van der Waals surface area contributed by atoms with Crippen LogP contribution in [-0.2, 0) is 19.2 Å². The summed E-state index contributed by atoms with van der Waals surface area (Å²) in [6.07, 6.45) is 6.56. The average Bonchev–Trinajstić information content (AvgIpc) is 0.788. The number of carbonyl (C=O) groups is 6. The Morgan fingerprint density at radius 3 is 0.835 bits per heavy atom. The number of likely N-dealkylation sites (tertiary alicyclic amines) is 3. The van der Waals surface area contributed by atoms with Crippen LogP contribution in [0.3, 0.4) is 0 Å². The van der Waals surface area contributed by atoms with E-state index in [2.05, 4.69) is 139 Å². The van der Waals surface area contributed by atoms with Gasteiger partial charge >= 0.3 is 12.1 Å². The molecule has 109 heavy (non-hydrogen) atoms. The number of rotatable bonds is 16. The minimum Gasteiger partial charge on any atom is -0.388 e. The van der Waals surface area contributed by atoms with E-state index in [-0.39, 0.29) is 88.7 Å². The van der Waals surface area contributed by atoms with E-state index in [0.29, 0.717) is 113 Å². The molecular formula is C87H115Cl4N11O7. The number of hydrogen-bond donors (Lipinski definition) is 3. The summed E-state index contributed by atoms with van der Waals surface area (Å²) in [5, 5.41) is 14.0. The first-order chi connectivity index (χ1) is 51.8. The Morgan fingerprint density at radius 2 is 0.596 bits per heavy atom. The van der Waals surface area contributed by atoms with Crippen molar-refractivity contribution in [2.75, 3.05) is 98.2 Å². The molecule has 12 rings (SSSR count). The molecule has 8 amide bonds. The van der Waals surface area contributed by atoms with E-state index in [4.69, 9.17) is 57.9 Å². The SMILES string of the molecule is CC(=O)N1CCC(CC(=O)N2CCN(C(c3ccc(Cl)cc3)c3ccc(Cl)cc3)C[C@@H]2C(C)(C)O)CC1.CC(C)(C)[C@H]1CN(C(c2ccccc2)c2ccc(Cl)cc2)CCN1C(=O)CC1CCN(C(N)=O)CC1.CC(C)(C)[C@H]1CN(C(c2ccccc2)c2ccc(Cl)cc2)CCN1C(=O)CC1CCN(C(N)=O)CC1. The van der Waals surface area contributed by atoms with Gasteiger partial charge in [0.05, 0.1) is 29.8 Å². The first-order valence-electron chi connectivity index (χ1n) is 39.1. The standard InChI is InChI=1S/C29H37Cl2N3O3.2C29H39ClN4O2/c1-20(35)32-14-12-21(13-15-32)18-27(36)34-17-16-33(19-26(34)29(2,3)37)28(22-4-8-24(30)9-5-22)23-6-10-25(31)11-7-23;2*1-29(2,3)25-20-33(27(22-7-5-4-6-8-22)23-9-11-24(30)12-10-23)17-18-34(25)26(35)19-21-13-15-32(16-14-21)28(31)36/h4-11,21,26,28,37H,12-19H2,1-3H3;2*4-12,21,25,27H,13-20H2,1-3H3,(H2,31,36)/t26-;2*25-,27?/m111/s1. The van der Waals surface area contributed by atoms with Gasteiger partial charge in [0.1, 0.15) is 0 Å². The van der Waals surface area contributed by atoms with Gasteiger partial charge in [-0.3, -0.25) is 33.9 Å². The minimum absolute atomic E-state index is 0.0625. The van der Waals surface area contributed by atoms with Crippen LogP contribution in [0.2, 0.25) is 20.1 Å². The number of urea groups is 2. The van der Waals surface area contributed by atoms with Gasteiger partial charge in [-0.1, -0.05) is 197 Å². The Morgan fingerprint density at radius 1 is 0.358 bits per heavy atom. The van der Waals surface area contributed by atoms with E-state index < -0.39 is 5.60 Å². The van der Waals surface area contributed by atoms with Crippen molar-refractivity contribution in [1.82, 2.24) is 44.1 Å². The maximum atomic E-state index is 13.6. The Labute approximate surface area is 667 Å². The van der Waals surface area contributed by atoms with E-state index in [1.54, 1.807) is 30.6 Å². The van der Waals surface area contributed by atoms with Crippen molar-refractivity contribution in [3.8, 4) is 0 Å². The van der Waals surface area contributed by atoms with Crippen LogP contribution >= 0.6 is 46.4 Å². The van der Waals surface area contributed by atoms with Crippen LogP contribution < -0.4 is 11.5 Å². The molecule has 0 aliphatic carbocycles. The number of piperazine rings is 3. The second-order valence-corrected chi connectivity index (χ2v) is 35.3. The zero-order valence-electron chi connectivity index (χ0n) is 65.3. The number of benzene rings is 6. The molecule has 0 saturated carbocycles. The number of aliphatic hydroxyl groups is 1. The molecule has 0 bridgehead atoms. The molecule has 5 atom stereocenters. The van der Waals surface area contributed by atoms with Crippen LogP contribution in [0.1, 0.15) is 172 Å². The zero-order valence-corrected chi connectivity index (χ0v) is 68.3.